The Morgan fingerprint density at radius 1 is 1.22 bits per heavy atom. The molecule has 1 aliphatic carbocycles. The molecule has 6 heteroatoms. The zero-order valence-corrected chi connectivity index (χ0v) is 15.3. The summed E-state index contributed by atoms with van der Waals surface area (Å²) in [4.78, 5) is 14.2. The third kappa shape index (κ3) is 3.37. The van der Waals surface area contributed by atoms with E-state index in [9.17, 15) is 4.79 Å². The van der Waals surface area contributed by atoms with Crippen molar-refractivity contribution in [3.8, 4) is 11.5 Å². The van der Waals surface area contributed by atoms with Crippen LogP contribution in [0, 0.1) is 5.92 Å². The molecule has 0 unspecified atom stereocenters. The van der Waals surface area contributed by atoms with Gasteiger partial charge >= 0.3 is 0 Å². The largest absolute Gasteiger partial charge is 0.454 e. The lowest BCUT2D eigenvalue weighted by atomic mass is 10.0. The fraction of sp³-hybridized carbons (Fsp3) is 0.429. The number of furan rings is 1. The van der Waals surface area contributed by atoms with E-state index in [1.54, 1.807) is 0 Å². The summed E-state index contributed by atoms with van der Waals surface area (Å²) < 4.78 is 5.97. The molecule has 1 saturated carbocycles. The van der Waals surface area contributed by atoms with Gasteiger partial charge in [-0.15, -0.1) is 0 Å². The van der Waals surface area contributed by atoms with E-state index in [0.717, 1.165) is 73.3 Å². The standard InChI is InChI=1S/C21H24N4O2/c26-21(14-5-6-14)25-9-7-17(8-10-25)22-12-16-13-23-24-20(16)19-11-15-3-1-2-4-18(15)27-19/h1-4,11,13-14,17,22H,5-10,12H2,(H,23,24). The van der Waals surface area contributed by atoms with Crippen molar-refractivity contribution in [3.05, 3.63) is 42.1 Å². The Balaban J connectivity index is 1.21. The Labute approximate surface area is 157 Å². The maximum atomic E-state index is 12.2. The number of piperidine rings is 1. The Kier molecular flexibility index (Phi) is 4.20. The number of H-pyrrole nitrogens is 1. The number of para-hydroxylation sites is 1. The van der Waals surface area contributed by atoms with Gasteiger partial charge in [0.15, 0.2) is 5.76 Å². The molecule has 0 atom stereocenters. The van der Waals surface area contributed by atoms with Gasteiger partial charge in [0.1, 0.15) is 11.3 Å². The predicted octanol–water partition coefficient (Wildman–Crippen LogP) is 3.31. The summed E-state index contributed by atoms with van der Waals surface area (Å²) in [5.41, 5.74) is 2.92. The lowest BCUT2D eigenvalue weighted by molar-refractivity contribution is -0.133. The summed E-state index contributed by atoms with van der Waals surface area (Å²) in [6, 6.07) is 10.5. The smallest absolute Gasteiger partial charge is 0.225 e. The second kappa shape index (κ2) is 6.85. The van der Waals surface area contributed by atoms with Crippen LogP contribution < -0.4 is 5.32 Å². The van der Waals surface area contributed by atoms with E-state index >= 15 is 0 Å². The average molecular weight is 364 g/mol. The van der Waals surface area contributed by atoms with Crippen LogP contribution in [0.15, 0.2) is 40.9 Å². The number of hydrogen-bond donors (Lipinski definition) is 2. The van der Waals surface area contributed by atoms with Crippen LogP contribution in [0.5, 0.6) is 0 Å². The highest BCUT2D eigenvalue weighted by molar-refractivity contribution is 5.82. The van der Waals surface area contributed by atoms with Crippen molar-refractivity contribution in [2.24, 2.45) is 5.92 Å². The molecule has 0 bridgehead atoms. The number of nitrogens with one attached hydrogen (secondary N) is 2. The zero-order chi connectivity index (χ0) is 18.2. The number of aromatic nitrogens is 2. The SMILES string of the molecule is O=C(C1CC1)N1CCC(NCc2cn[nH]c2-c2cc3ccccc3o2)CC1. The number of benzene rings is 1. The first kappa shape index (κ1) is 16.6. The van der Waals surface area contributed by atoms with Crippen LogP contribution in [0.25, 0.3) is 22.4 Å². The van der Waals surface area contributed by atoms with Crippen LogP contribution in [0.1, 0.15) is 31.2 Å². The maximum absolute atomic E-state index is 12.2. The topological polar surface area (TPSA) is 74.2 Å². The van der Waals surface area contributed by atoms with E-state index in [1.807, 2.05) is 41.4 Å². The monoisotopic (exact) mass is 364 g/mol. The molecular weight excluding hydrogens is 340 g/mol. The maximum Gasteiger partial charge on any atom is 0.225 e. The molecule has 3 aromatic rings. The van der Waals surface area contributed by atoms with E-state index in [-0.39, 0.29) is 0 Å². The van der Waals surface area contributed by atoms with Crippen molar-refractivity contribution in [2.75, 3.05) is 13.1 Å². The van der Waals surface area contributed by atoms with Crippen LogP contribution in [-0.4, -0.2) is 40.1 Å². The van der Waals surface area contributed by atoms with Gasteiger partial charge < -0.3 is 14.6 Å². The molecular formula is C21H24N4O2. The first-order valence-corrected chi connectivity index (χ1v) is 9.81. The summed E-state index contributed by atoms with van der Waals surface area (Å²) in [6.45, 7) is 2.48. The molecule has 0 spiro atoms. The molecule has 2 aliphatic rings. The summed E-state index contributed by atoms with van der Waals surface area (Å²) in [5, 5.41) is 12.0. The molecule has 1 aromatic carbocycles. The second-order valence-electron chi connectivity index (χ2n) is 7.67. The van der Waals surface area contributed by atoms with E-state index in [1.165, 1.54) is 0 Å². The highest BCUT2D eigenvalue weighted by atomic mass is 16.3. The highest BCUT2D eigenvalue weighted by Crippen LogP contribution is 2.32. The van der Waals surface area contributed by atoms with Gasteiger partial charge in [0.2, 0.25) is 5.91 Å². The number of amides is 1. The van der Waals surface area contributed by atoms with Crippen LogP contribution in [0.4, 0.5) is 0 Å². The zero-order valence-electron chi connectivity index (χ0n) is 15.3. The fourth-order valence-electron chi connectivity index (χ4n) is 3.91. The van der Waals surface area contributed by atoms with Crippen LogP contribution in [-0.2, 0) is 11.3 Å². The first-order chi connectivity index (χ1) is 13.3. The summed E-state index contributed by atoms with van der Waals surface area (Å²) in [6.07, 6.45) is 6.05. The van der Waals surface area contributed by atoms with Crippen LogP contribution >= 0.6 is 0 Å². The minimum Gasteiger partial charge on any atom is -0.454 e. The summed E-state index contributed by atoms with van der Waals surface area (Å²) in [5.74, 6) is 1.51. The van der Waals surface area contributed by atoms with Crippen molar-refractivity contribution < 1.29 is 9.21 Å². The number of carbonyl (C=O) groups excluding carboxylic acids is 1. The van der Waals surface area contributed by atoms with Gasteiger partial charge in [-0.2, -0.15) is 5.10 Å². The Morgan fingerprint density at radius 2 is 2.04 bits per heavy atom. The van der Waals surface area contributed by atoms with Crippen molar-refractivity contribution in [1.29, 1.82) is 0 Å². The van der Waals surface area contributed by atoms with Gasteiger partial charge in [0.25, 0.3) is 0 Å². The Morgan fingerprint density at radius 3 is 2.81 bits per heavy atom. The molecule has 140 valence electrons. The minimum absolute atomic E-state index is 0.326. The lowest BCUT2D eigenvalue weighted by Gasteiger charge is -2.32. The Bertz CT molecular complexity index is 915. The molecule has 5 rings (SSSR count). The number of aromatic amines is 1. The van der Waals surface area contributed by atoms with Crippen molar-refractivity contribution in [1.82, 2.24) is 20.4 Å². The molecule has 3 heterocycles. The lowest BCUT2D eigenvalue weighted by Crippen LogP contribution is -2.45. The average Bonchev–Trinajstić information content (AvgIpc) is 3.29. The predicted molar refractivity (Wildman–Crippen MR) is 103 cm³/mol. The third-order valence-corrected chi connectivity index (χ3v) is 5.70. The van der Waals surface area contributed by atoms with E-state index < -0.39 is 0 Å². The molecule has 27 heavy (non-hydrogen) atoms. The number of hydrogen-bond acceptors (Lipinski definition) is 4. The number of fused-ring (bicyclic) bond motifs is 1. The van der Waals surface area contributed by atoms with Gasteiger partial charge in [-0.05, 0) is 37.8 Å². The molecule has 2 aromatic heterocycles. The normalized spacial score (nSPS) is 18.3. The van der Waals surface area contributed by atoms with E-state index in [4.69, 9.17) is 4.42 Å². The molecule has 1 saturated heterocycles. The molecule has 1 aliphatic heterocycles. The Hall–Kier alpha value is -2.60. The van der Waals surface area contributed by atoms with Crippen molar-refractivity contribution in [3.63, 3.8) is 0 Å². The van der Waals surface area contributed by atoms with Gasteiger partial charge in [0.05, 0.1) is 6.20 Å². The van der Waals surface area contributed by atoms with Crippen LogP contribution in [0.3, 0.4) is 0 Å². The number of likely N-dealkylation sites (tertiary alicyclic amines) is 1. The van der Waals surface area contributed by atoms with Crippen molar-refractivity contribution in [2.45, 2.75) is 38.3 Å². The molecule has 2 fully saturated rings. The van der Waals surface area contributed by atoms with E-state index in [0.29, 0.717) is 17.9 Å². The third-order valence-electron chi connectivity index (χ3n) is 5.70. The summed E-state index contributed by atoms with van der Waals surface area (Å²) >= 11 is 0. The number of carbonyl (C=O) groups is 1. The first-order valence-electron chi connectivity index (χ1n) is 9.81. The van der Waals surface area contributed by atoms with Gasteiger partial charge in [-0.1, -0.05) is 18.2 Å². The van der Waals surface area contributed by atoms with E-state index in [2.05, 4.69) is 15.5 Å². The molecule has 0 radical (unpaired) electrons. The quantitative estimate of drug-likeness (QED) is 0.728. The van der Waals surface area contributed by atoms with Gasteiger partial charge in [-0.3, -0.25) is 9.89 Å². The highest BCUT2D eigenvalue weighted by Gasteiger charge is 2.34. The second-order valence-corrected chi connectivity index (χ2v) is 7.67. The molecule has 6 nitrogen and oxygen atoms in total. The summed E-state index contributed by atoms with van der Waals surface area (Å²) in [7, 11) is 0. The van der Waals surface area contributed by atoms with Gasteiger partial charge in [-0.25, -0.2) is 0 Å². The number of nitrogens with zero attached hydrogens (tertiary/aromatic N) is 2. The van der Waals surface area contributed by atoms with Crippen molar-refractivity contribution >= 4 is 16.9 Å². The minimum atomic E-state index is 0.326. The van der Waals surface area contributed by atoms with Crippen LogP contribution in [0.2, 0.25) is 0 Å². The molecule has 2 N–H and O–H groups in total. The van der Waals surface area contributed by atoms with Gasteiger partial charge in [0, 0.05) is 42.5 Å². The number of rotatable bonds is 5. The molecule has 1 amide bonds. The fourth-order valence-corrected chi connectivity index (χ4v) is 3.91.